The van der Waals surface area contributed by atoms with Crippen LogP contribution < -0.4 is 5.32 Å². The summed E-state index contributed by atoms with van der Waals surface area (Å²) in [6.07, 6.45) is -1.18. The standard InChI is InChI=1S/C25H30N2O9/c1-25(2,3)36-24(32)26-19(12-16-7-10-21(29)20(13-16)27(33)34)22(30)14-17(23(31)35-4)11-15-5-8-18(28)9-6-15/h5-10,13,17,19,28-29H,11-12,14H2,1-4H3,(H,26,32)/t17-,19+/m1/s1. The summed E-state index contributed by atoms with van der Waals surface area (Å²) < 4.78 is 10.1. The molecule has 11 nitrogen and oxygen atoms in total. The molecule has 0 aromatic heterocycles. The van der Waals surface area contributed by atoms with Crippen LogP contribution in [0.5, 0.6) is 11.5 Å². The zero-order chi connectivity index (χ0) is 27.0. The number of hydrogen-bond acceptors (Lipinski definition) is 9. The predicted octanol–water partition coefficient (Wildman–Crippen LogP) is 3.43. The van der Waals surface area contributed by atoms with Gasteiger partial charge in [0.1, 0.15) is 11.4 Å². The van der Waals surface area contributed by atoms with Crippen molar-refractivity contribution in [2.75, 3.05) is 7.11 Å². The molecule has 0 aliphatic heterocycles. The Morgan fingerprint density at radius 3 is 2.19 bits per heavy atom. The van der Waals surface area contributed by atoms with Crippen molar-refractivity contribution in [1.29, 1.82) is 0 Å². The van der Waals surface area contributed by atoms with Crippen LogP contribution in [0.2, 0.25) is 0 Å². The number of rotatable bonds is 10. The zero-order valence-corrected chi connectivity index (χ0v) is 20.5. The van der Waals surface area contributed by atoms with Crippen molar-refractivity contribution in [2.24, 2.45) is 5.92 Å². The average Bonchev–Trinajstić information content (AvgIpc) is 2.78. The lowest BCUT2D eigenvalue weighted by atomic mass is 9.90. The molecule has 0 unspecified atom stereocenters. The lowest BCUT2D eigenvalue weighted by Gasteiger charge is -2.24. The van der Waals surface area contributed by atoms with Crippen molar-refractivity contribution in [3.63, 3.8) is 0 Å². The van der Waals surface area contributed by atoms with Gasteiger partial charge in [-0.25, -0.2) is 4.79 Å². The highest BCUT2D eigenvalue weighted by Crippen LogP contribution is 2.27. The summed E-state index contributed by atoms with van der Waals surface area (Å²) in [6.45, 7) is 4.95. The summed E-state index contributed by atoms with van der Waals surface area (Å²) in [5, 5.41) is 32.9. The van der Waals surface area contributed by atoms with Gasteiger partial charge < -0.3 is 25.0 Å². The maximum absolute atomic E-state index is 13.3. The molecule has 0 spiro atoms. The molecule has 0 fully saturated rings. The molecule has 194 valence electrons. The molecule has 0 saturated carbocycles. The quantitative estimate of drug-likeness (QED) is 0.251. The molecule has 11 heteroatoms. The lowest BCUT2D eigenvalue weighted by molar-refractivity contribution is -0.385. The van der Waals surface area contributed by atoms with E-state index in [4.69, 9.17) is 9.47 Å². The Morgan fingerprint density at radius 2 is 1.64 bits per heavy atom. The maximum Gasteiger partial charge on any atom is 0.408 e. The number of aromatic hydroxyl groups is 2. The highest BCUT2D eigenvalue weighted by molar-refractivity contribution is 5.91. The van der Waals surface area contributed by atoms with E-state index in [9.17, 15) is 34.7 Å². The van der Waals surface area contributed by atoms with Crippen LogP contribution in [-0.4, -0.2) is 51.7 Å². The number of ether oxygens (including phenoxy) is 2. The molecule has 2 aromatic rings. The molecular formula is C25H30N2O9. The SMILES string of the molecule is COC(=O)[C@@H](CC(=O)[C@H](Cc1ccc(O)c([N+](=O)[O-])c1)NC(=O)OC(C)(C)C)Cc1ccc(O)cc1. The lowest BCUT2D eigenvalue weighted by Crippen LogP contribution is -2.45. The van der Waals surface area contributed by atoms with Crippen LogP contribution in [0.25, 0.3) is 0 Å². The molecular weight excluding hydrogens is 472 g/mol. The van der Waals surface area contributed by atoms with E-state index in [1.165, 1.54) is 25.3 Å². The van der Waals surface area contributed by atoms with E-state index in [0.717, 1.165) is 12.1 Å². The fraction of sp³-hybridized carbons (Fsp3) is 0.400. The summed E-state index contributed by atoms with van der Waals surface area (Å²) in [6, 6.07) is 8.59. The monoisotopic (exact) mass is 502 g/mol. The number of amides is 1. The molecule has 3 N–H and O–H groups in total. The van der Waals surface area contributed by atoms with Gasteiger partial charge in [-0.15, -0.1) is 0 Å². The Balaban J connectivity index is 2.30. The number of phenolic OH excluding ortho intramolecular Hbond substituents is 2. The first-order chi connectivity index (χ1) is 16.8. The largest absolute Gasteiger partial charge is 0.508 e. The third-order valence-electron chi connectivity index (χ3n) is 5.16. The van der Waals surface area contributed by atoms with Gasteiger partial charge in [-0.1, -0.05) is 18.2 Å². The van der Waals surface area contributed by atoms with E-state index in [-0.39, 0.29) is 25.0 Å². The van der Waals surface area contributed by atoms with Crippen molar-refractivity contribution >= 4 is 23.5 Å². The molecule has 0 aliphatic rings. The van der Waals surface area contributed by atoms with E-state index in [0.29, 0.717) is 11.1 Å². The first kappa shape index (κ1) is 28.1. The van der Waals surface area contributed by atoms with Crippen molar-refractivity contribution in [1.82, 2.24) is 5.32 Å². The van der Waals surface area contributed by atoms with Gasteiger partial charge in [0.15, 0.2) is 11.5 Å². The molecule has 2 rings (SSSR count). The van der Waals surface area contributed by atoms with Gasteiger partial charge in [0.2, 0.25) is 0 Å². The van der Waals surface area contributed by atoms with Crippen LogP contribution in [-0.2, 0) is 31.9 Å². The van der Waals surface area contributed by atoms with E-state index < -0.39 is 51.8 Å². The fourth-order valence-electron chi connectivity index (χ4n) is 3.48. The van der Waals surface area contributed by atoms with Crippen LogP contribution in [0.4, 0.5) is 10.5 Å². The third kappa shape index (κ3) is 8.57. The minimum atomic E-state index is -1.18. The smallest absolute Gasteiger partial charge is 0.408 e. The Hall–Kier alpha value is -4.15. The van der Waals surface area contributed by atoms with E-state index in [1.807, 2.05) is 0 Å². The normalized spacial score (nSPS) is 12.8. The first-order valence-electron chi connectivity index (χ1n) is 11.1. The first-order valence-corrected chi connectivity index (χ1v) is 11.1. The van der Waals surface area contributed by atoms with Gasteiger partial charge in [0, 0.05) is 18.9 Å². The maximum atomic E-state index is 13.3. The number of methoxy groups -OCH3 is 1. The Morgan fingerprint density at radius 1 is 1.03 bits per heavy atom. The number of benzene rings is 2. The Kier molecular flexibility index (Phi) is 9.37. The topological polar surface area (TPSA) is 165 Å². The molecule has 36 heavy (non-hydrogen) atoms. The summed E-state index contributed by atoms with van der Waals surface area (Å²) in [5.41, 5.74) is -0.401. The molecule has 0 saturated heterocycles. The van der Waals surface area contributed by atoms with Crippen molar-refractivity contribution in [3.8, 4) is 11.5 Å². The third-order valence-corrected chi connectivity index (χ3v) is 5.16. The Bertz CT molecular complexity index is 1110. The minimum Gasteiger partial charge on any atom is -0.508 e. The number of carbonyl (C=O) groups excluding carboxylic acids is 3. The second-order valence-electron chi connectivity index (χ2n) is 9.24. The summed E-state index contributed by atoms with van der Waals surface area (Å²) in [7, 11) is 1.20. The van der Waals surface area contributed by atoms with Crippen molar-refractivity contribution in [3.05, 3.63) is 63.7 Å². The van der Waals surface area contributed by atoms with E-state index in [1.54, 1.807) is 32.9 Å². The number of ketones is 1. The molecule has 2 aromatic carbocycles. The second kappa shape index (κ2) is 12.0. The predicted molar refractivity (Wildman–Crippen MR) is 129 cm³/mol. The van der Waals surface area contributed by atoms with E-state index in [2.05, 4.69) is 5.32 Å². The number of esters is 1. The van der Waals surface area contributed by atoms with Gasteiger partial charge in [0.05, 0.1) is 24.0 Å². The number of hydrogen-bond donors (Lipinski definition) is 3. The summed E-state index contributed by atoms with van der Waals surface area (Å²) >= 11 is 0. The fourth-order valence-corrected chi connectivity index (χ4v) is 3.48. The van der Waals surface area contributed by atoms with Crippen LogP contribution in [0, 0.1) is 16.0 Å². The highest BCUT2D eigenvalue weighted by atomic mass is 16.6. The molecule has 0 bridgehead atoms. The summed E-state index contributed by atoms with van der Waals surface area (Å²) in [4.78, 5) is 48.6. The number of alkyl carbamates (subject to hydrolysis) is 1. The van der Waals surface area contributed by atoms with Crippen LogP contribution >= 0.6 is 0 Å². The average molecular weight is 503 g/mol. The van der Waals surface area contributed by atoms with Crippen molar-refractivity contribution in [2.45, 2.75) is 51.7 Å². The molecule has 0 aliphatic carbocycles. The summed E-state index contributed by atoms with van der Waals surface area (Å²) in [5.74, 6) is -2.52. The molecule has 2 atom stereocenters. The number of nitro benzene ring substituents is 1. The number of nitrogens with one attached hydrogen (secondary N) is 1. The second-order valence-corrected chi connectivity index (χ2v) is 9.24. The van der Waals surface area contributed by atoms with Gasteiger partial charge in [0.25, 0.3) is 0 Å². The Labute approximate surface area is 208 Å². The minimum absolute atomic E-state index is 0.0501. The van der Waals surface area contributed by atoms with E-state index >= 15 is 0 Å². The number of carbonyl (C=O) groups is 3. The van der Waals surface area contributed by atoms with Gasteiger partial charge in [-0.2, -0.15) is 0 Å². The number of Topliss-reactive ketones (excluding diaryl/α,β-unsaturated/α-hetero) is 1. The van der Waals surface area contributed by atoms with Crippen LogP contribution in [0.3, 0.4) is 0 Å². The van der Waals surface area contributed by atoms with Crippen LogP contribution in [0.15, 0.2) is 42.5 Å². The van der Waals surface area contributed by atoms with Crippen molar-refractivity contribution < 1.29 is 39.0 Å². The van der Waals surface area contributed by atoms with Crippen LogP contribution in [0.1, 0.15) is 38.3 Å². The highest BCUT2D eigenvalue weighted by Gasteiger charge is 2.30. The number of nitro groups is 1. The number of phenols is 2. The molecule has 0 radical (unpaired) electrons. The zero-order valence-electron chi connectivity index (χ0n) is 20.5. The van der Waals surface area contributed by atoms with Gasteiger partial charge in [-0.3, -0.25) is 19.7 Å². The number of nitrogens with zero attached hydrogens (tertiary/aromatic N) is 1. The van der Waals surface area contributed by atoms with Gasteiger partial charge in [-0.05, 0) is 56.5 Å². The molecule has 1 amide bonds. The molecule has 0 heterocycles. The van der Waals surface area contributed by atoms with Gasteiger partial charge >= 0.3 is 17.7 Å².